The molecule has 1 aliphatic rings. The van der Waals surface area contributed by atoms with Crippen LogP contribution in [0.1, 0.15) is 54.4 Å². The van der Waals surface area contributed by atoms with E-state index in [-0.39, 0.29) is 17.9 Å². The summed E-state index contributed by atoms with van der Waals surface area (Å²) in [5.74, 6) is -0.967. The van der Waals surface area contributed by atoms with Crippen molar-refractivity contribution in [1.29, 1.82) is 0 Å². The number of amides is 1. The number of hydrogen-bond donors (Lipinski definition) is 1. The maximum atomic E-state index is 12.4. The van der Waals surface area contributed by atoms with Crippen molar-refractivity contribution in [2.75, 3.05) is 7.05 Å². The maximum Gasteiger partial charge on any atom is 0.335 e. The molecule has 1 N–H and O–H groups in total. The van der Waals surface area contributed by atoms with Gasteiger partial charge in [0, 0.05) is 13.1 Å². The molecule has 1 saturated carbocycles. The zero-order valence-corrected chi connectivity index (χ0v) is 12.5. The average molecular weight is 289 g/mol. The van der Waals surface area contributed by atoms with Crippen molar-refractivity contribution in [3.63, 3.8) is 0 Å². The highest BCUT2D eigenvalue weighted by molar-refractivity contribution is 5.91. The van der Waals surface area contributed by atoms with Crippen LogP contribution in [0.25, 0.3) is 0 Å². The molecule has 1 aromatic rings. The zero-order valence-electron chi connectivity index (χ0n) is 12.5. The van der Waals surface area contributed by atoms with Gasteiger partial charge in [-0.3, -0.25) is 4.79 Å². The lowest BCUT2D eigenvalue weighted by molar-refractivity contribution is -0.131. The molecule has 2 rings (SSSR count). The Morgan fingerprint density at radius 2 is 1.76 bits per heavy atom. The van der Waals surface area contributed by atoms with Gasteiger partial charge in [0.2, 0.25) is 5.91 Å². The van der Waals surface area contributed by atoms with Gasteiger partial charge in [-0.05, 0) is 24.5 Å². The quantitative estimate of drug-likeness (QED) is 0.866. The number of carboxylic acids is 1. The van der Waals surface area contributed by atoms with E-state index in [2.05, 4.69) is 0 Å². The lowest BCUT2D eigenvalue weighted by atomic mass is 10.0. The summed E-state index contributed by atoms with van der Waals surface area (Å²) >= 11 is 0. The first kappa shape index (κ1) is 15.5. The number of carbonyl (C=O) groups is 2. The molecule has 4 heteroatoms. The Morgan fingerprint density at radius 1 is 1.14 bits per heavy atom. The fourth-order valence-corrected chi connectivity index (χ4v) is 3.02. The van der Waals surface area contributed by atoms with E-state index < -0.39 is 5.97 Å². The normalized spacial score (nSPS) is 16.2. The van der Waals surface area contributed by atoms with E-state index >= 15 is 0 Å². The van der Waals surface area contributed by atoms with Gasteiger partial charge in [0.1, 0.15) is 0 Å². The molecule has 0 saturated heterocycles. The predicted octanol–water partition coefficient (Wildman–Crippen LogP) is 3.11. The molecule has 4 nitrogen and oxygen atoms in total. The molecule has 1 amide bonds. The molecule has 0 spiro atoms. The first-order valence-corrected chi connectivity index (χ1v) is 7.66. The van der Waals surface area contributed by atoms with Crippen LogP contribution in [-0.2, 0) is 11.2 Å². The molecular weight excluding hydrogens is 266 g/mol. The van der Waals surface area contributed by atoms with Crippen LogP contribution >= 0.6 is 0 Å². The number of aromatic carboxylic acids is 1. The highest BCUT2D eigenvalue weighted by Crippen LogP contribution is 2.22. The summed E-state index contributed by atoms with van der Waals surface area (Å²) in [5.41, 5.74) is 0.815. The highest BCUT2D eigenvalue weighted by Gasteiger charge is 2.22. The van der Waals surface area contributed by atoms with Crippen LogP contribution in [-0.4, -0.2) is 35.0 Å². The minimum atomic E-state index is -0.976. The molecule has 1 aliphatic carbocycles. The zero-order chi connectivity index (χ0) is 15.2. The topological polar surface area (TPSA) is 57.6 Å². The second-order valence-electron chi connectivity index (χ2n) is 5.79. The minimum Gasteiger partial charge on any atom is -0.478 e. The molecule has 0 radical (unpaired) electrons. The van der Waals surface area contributed by atoms with E-state index in [9.17, 15) is 14.7 Å². The fourth-order valence-electron chi connectivity index (χ4n) is 3.02. The number of likely N-dealkylation sites (N-methyl/N-ethyl adjacent to an activating group) is 1. The Hall–Kier alpha value is -1.84. The fraction of sp³-hybridized carbons (Fsp3) is 0.529. The van der Waals surface area contributed by atoms with Crippen LogP contribution in [0.15, 0.2) is 24.3 Å². The van der Waals surface area contributed by atoms with Gasteiger partial charge < -0.3 is 10.0 Å². The van der Waals surface area contributed by atoms with Crippen LogP contribution in [0.2, 0.25) is 0 Å². The maximum absolute atomic E-state index is 12.4. The van der Waals surface area contributed by atoms with E-state index in [1.54, 1.807) is 24.3 Å². The Morgan fingerprint density at radius 3 is 2.38 bits per heavy atom. The highest BCUT2D eigenvalue weighted by atomic mass is 16.4. The SMILES string of the molecule is CN(C(=O)Cc1ccccc1C(=O)O)C1CCCCCC1. The molecule has 1 aromatic carbocycles. The van der Waals surface area contributed by atoms with Crippen molar-refractivity contribution < 1.29 is 14.7 Å². The van der Waals surface area contributed by atoms with Crippen molar-refractivity contribution in [2.24, 2.45) is 0 Å². The molecule has 0 atom stereocenters. The van der Waals surface area contributed by atoms with E-state index in [1.807, 2.05) is 11.9 Å². The van der Waals surface area contributed by atoms with Crippen molar-refractivity contribution in [2.45, 2.75) is 51.0 Å². The second-order valence-corrected chi connectivity index (χ2v) is 5.79. The Kier molecular flexibility index (Phi) is 5.37. The standard InChI is InChI=1S/C17H23NO3/c1-18(14-9-4-2-3-5-10-14)16(19)12-13-8-6-7-11-15(13)17(20)21/h6-8,11,14H,2-5,9-10,12H2,1H3,(H,20,21). The molecule has 1 fully saturated rings. The van der Waals surface area contributed by atoms with Crippen molar-refractivity contribution in [3.05, 3.63) is 35.4 Å². The third-order valence-electron chi connectivity index (χ3n) is 4.36. The Balaban J connectivity index is 2.05. The largest absolute Gasteiger partial charge is 0.478 e. The smallest absolute Gasteiger partial charge is 0.335 e. The summed E-state index contributed by atoms with van der Waals surface area (Å²) in [6.45, 7) is 0. The summed E-state index contributed by atoms with van der Waals surface area (Å²) in [4.78, 5) is 25.5. The van der Waals surface area contributed by atoms with Gasteiger partial charge in [0.05, 0.1) is 12.0 Å². The lowest BCUT2D eigenvalue weighted by Crippen LogP contribution is -2.37. The van der Waals surface area contributed by atoms with Crippen LogP contribution in [0.3, 0.4) is 0 Å². The minimum absolute atomic E-state index is 0.00981. The van der Waals surface area contributed by atoms with Gasteiger partial charge in [-0.1, -0.05) is 43.9 Å². The van der Waals surface area contributed by atoms with E-state index in [0.717, 1.165) is 12.8 Å². The van der Waals surface area contributed by atoms with Gasteiger partial charge in [0.25, 0.3) is 0 Å². The number of hydrogen-bond acceptors (Lipinski definition) is 2. The summed E-state index contributed by atoms with van der Waals surface area (Å²) < 4.78 is 0. The number of carboxylic acid groups (broad SMARTS) is 1. The van der Waals surface area contributed by atoms with Gasteiger partial charge in [-0.25, -0.2) is 4.79 Å². The molecule has 0 aromatic heterocycles. The third-order valence-corrected chi connectivity index (χ3v) is 4.36. The van der Waals surface area contributed by atoms with Crippen LogP contribution in [0.4, 0.5) is 0 Å². The van der Waals surface area contributed by atoms with Gasteiger partial charge in [-0.15, -0.1) is 0 Å². The number of nitrogens with zero attached hydrogens (tertiary/aromatic N) is 1. The van der Waals surface area contributed by atoms with Crippen molar-refractivity contribution in [3.8, 4) is 0 Å². The summed E-state index contributed by atoms with van der Waals surface area (Å²) in [6.07, 6.45) is 7.13. The van der Waals surface area contributed by atoms with E-state index in [1.165, 1.54) is 25.7 Å². The number of carbonyl (C=O) groups excluding carboxylic acids is 1. The van der Waals surface area contributed by atoms with Crippen LogP contribution in [0.5, 0.6) is 0 Å². The third kappa shape index (κ3) is 4.06. The molecule has 21 heavy (non-hydrogen) atoms. The number of rotatable bonds is 4. The van der Waals surface area contributed by atoms with Crippen LogP contribution < -0.4 is 0 Å². The molecular formula is C17H23NO3. The number of benzene rings is 1. The first-order chi connectivity index (χ1) is 10.1. The van der Waals surface area contributed by atoms with Crippen molar-refractivity contribution in [1.82, 2.24) is 4.90 Å². The molecule has 114 valence electrons. The molecule has 0 unspecified atom stereocenters. The van der Waals surface area contributed by atoms with Gasteiger partial charge >= 0.3 is 5.97 Å². The van der Waals surface area contributed by atoms with Crippen LogP contribution in [0, 0.1) is 0 Å². The summed E-state index contributed by atoms with van der Waals surface area (Å²) in [5, 5.41) is 9.18. The lowest BCUT2D eigenvalue weighted by Gasteiger charge is -2.27. The average Bonchev–Trinajstić information content (AvgIpc) is 2.75. The van der Waals surface area contributed by atoms with Gasteiger partial charge in [-0.2, -0.15) is 0 Å². The second kappa shape index (κ2) is 7.25. The summed E-state index contributed by atoms with van der Waals surface area (Å²) in [6, 6.07) is 7.04. The monoisotopic (exact) mass is 289 g/mol. The molecule has 0 heterocycles. The predicted molar refractivity (Wildman–Crippen MR) is 81.4 cm³/mol. The van der Waals surface area contributed by atoms with E-state index in [4.69, 9.17) is 0 Å². The molecule has 0 bridgehead atoms. The van der Waals surface area contributed by atoms with Crippen molar-refractivity contribution >= 4 is 11.9 Å². The van der Waals surface area contributed by atoms with Gasteiger partial charge in [0.15, 0.2) is 0 Å². The Bertz CT molecular complexity index is 505. The van der Waals surface area contributed by atoms with E-state index in [0.29, 0.717) is 11.6 Å². The Labute approximate surface area is 125 Å². The summed E-state index contributed by atoms with van der Waals surface area (Å²) in [7, 11) is 1.85. The first-order valence-electron chi connectivity index (χ1n) is 7.66. The molecule has 0 aliphatic heterocycles.